The lowest BCUT2D eigenvalue weighted by molar-refractivity contribution is 0.103. The fourth-order valence-corrected chi connectivity index (χ4v) is 5.26. The van der Waals surface area contributed by atoms with Crippen LogP contribution in [0.3, 0.4) is 0 Å². The Morgan fingerprint density at radius 1 is 1.20 bits per heavy atom. The van der Waals surface area contributed by atoms with Crippen LogP contribution in [-0.4, -0.2) is 30.6 Å². The first-order chi connectivity index (χ1) is 14.5. The molecule has 1 amide bonds. The second kappa shape index (κ2) is 7.48. The first-order valence-electron chi connectivity index (χ1n) is 9.70. The van der Waals surface area contributed by atoms with Gasteiger partial charge in [0.25, 0.3) is 5.91 Å². The van der Waals surface area contributed by atoms with Crippen LogP contribution >= 0.6 is 23.1 Å². The molecule has 30 heavy (non-hydrogen) atoms. The van der Waals surface area contributed by atoms with Gasteiger partial charge in [-0.3, -0.25) is 4.79 Å². The van der Waals surface area contributed by atoms with Crippen LogP contribution in [0.1, 0.15) is 45.5 Å². The van der Waals surface area contributed by atoms with Crippen LogP contribution in [0.15, 0.2) is 40.6 Å². The summed E-state index contributed by atoms with van der Waals surface area (Å²) < 4.78 is 1.87. The summed E-state index contributed by atoms with van der Waals surface area (Å²) >= 11 is 2.97. The number of aromatic nitrogens is 5. The molecule has 0 spiro atoms. The zero-order chi connectivity index (χ0) is 20.8. The molecule has 4 aromatic rings. The van der Waals surface area contributed by atoms with E-state index in [-0.39, 0.29) is 5.91 Å². The summed E-state index contributed by atoms with van der Waals surface area (Å²) in [7, 11) is 1.91. The Balaban J connectivity index is 1.36. The van der Waals surface area contributed by atoms with E-state index in [4.69, 9.17) is 4.98 Å². The molecule has 5 rings (SSSR count). The Morgan fingerprint density at radius 3 is 2.63 bits per heavy atom. The molecule has 0 radical (unpaired) electrons. The lowest BCUT2D eigenvalue weighted by Gasteiger charge is -2.06. The van der Waals surface area contributed by atoms with Crippen molar-refractivity contribution in [3.8, 4) is 0 Å². The number of carbonyl (C=O) groups excluding carboxylic acids is 1. The van der Waals surface area contributed by atoms with Crippen molar-refractivity contribution in [2.75, 3.05) is 5.32 Å². The number of thiophene rings is 1. The van der Waals surface area contributed by atoms with E-state index in [9.17, 15) is 4.79 Å². The SMILES string of the molecule is Cc1nc(C2CC2)nc2sc(C(=O)Nc3ccc(Sc4nncn4C)cc3)c(C)c12. The van der Waals surface area contributed by atoms with E-state index in [1.807, 2.05) is 49.7 Å². The molecule has 1 fully saturated rings. The third-order valence-corrected chi connectivity index (χ3v) is 7.37. The quantitative estimate of drug-likeness (QED) is 0.487. The molecule has 0 unspecified atom stereocenters. The highest BCUT2D eigenvalue weighted by molar-refractivity contribution is 7.99. The van der Waals surface area contributed by atoms with Gasteiger partial charge in [-0.2, -0.15) is 0 Å². The molecular formula is C21H20N6OS2. The summed E-state index contributed by atoms with van der Waals surface area (Å²) in [6.07, 6.45) is 3.99. The minimum Gasteiger partial charge on any atom is -0.321 e. The van der Waals surface area contributed by atoms with Crippen LogP contribution in [0, 0.1) is 13.8 Å². The van der Waals surface area contributed by atoms with E-state index in [0.29, 0.717) is 10.8 Å². The number of aryl methyl sites for hydroxylation is 3. The molecule has 0 bridgehead atoms. The molecule has 9 heteroatoms. The monoisotopic (exact) mass is 436 g/mol. The molecule has 1 aliphatic carbocycles. The first-order valence-corrected chi connectivity index (χ1v) is 11.3. The van der Waals surface area contributed by atoms with Crippen molar-refractivity contribution >= 4 is 44.9 Å². The number of hydrogen-bond donors (Lipinski definition) is 1. The number of rotatable bonds is 5. The lowest BCUT2D eigenvalue weighted by atomic mass is 10.1. The Morgan fingerprint density at radius 2 is 1.97 bits per heavy atom. The minimum absolute atomic E-state index is 0.114. The summed E-state index contributed by atoms with van der Waals surface area (Å²) in [4.78, 5) is 25.0. The predicted octanol–water partition coefficient (Wildman–Crippen LogP) is 4.72. The number of carbonyl (C=O) groups is 1. The molecule has 0 atom stereocenters. The molecule has 7 nitrogen and oxygen atoms in total. The van der Waals surface area contributed by atoms with Crippen molar-refractivity contribution in [1.82, 2.24) is 24.7 Å². The van der Waals surface area contributed by atoms with Crippen molar-refractivity contribution in [2.24, 2.45) is 7.05 Å². The fraction of sp³-hybridized carbons (Fsp3) is 0.286. The highest BCUT2D eigenvalue weighted by Crippen LogP contribution is 2.40. The highest BCUT2D eigenvalue weighted by Gasteiger charge is 2.28. The van der Waals surface area contributed by atoms with Crippen LogP contribution in [-0.2, 0) is 7.05 Å². The molecule has 1 N–H and O–H groups in total. The van der Waals surface area contributed by atoms with Gasteiger partial charge in [-0.05, 0) is 68.3 Å². The average Bonchev–Trinajstić information content (AvgIpc) is 3.42. The van der Waals surface area contributed by atoms with Gasteiger partial charge in [0.2, 0.25) is 0 Å². The molecular weight excluding hydrogens is 416 g/mol. The van der Waals surface area contributed by atoms with Gasteiger partial charge in [0.15, 0.2) is 5.16 Å². The van der Waals surface area contributed by atoms with Crippen LogP contribution in [0.25, 0.3) is 10.2 Å². The molecule has 1 aromatic carbocycles. The van der Waals surface area contributed by atoms with E-state index < -0.39 is 0 Å². The Hall–Kier alpha value is -2.78. The van der Waals surface area contributed by atoms with Gasteiger partial charge in [0.05, 0.1) is 10.6 Å². The van der Waals surface area contributed by atoms with Gasteiger partial charge in [0, 0.05) is 28.9 Å². The summed E-state index contributed by atoms with van der Waals surface area (Å²) in [6, 6.07) is 7.72. The van der Waals surface area contributed by atoms with E-state index >= 15 is 0 Å². The first kappa shape index (κ1) is 19.2. The smallest absolute Gasteiger partial charge is 0.266 e. The second-order valence-corrected chi connectivity index (χ2v) is 9.52. The zero-order valence-electron chi connectivity index (χ0n) is 16.8. The Labute approximate surface area is 182 Å². The lowest BCUT2D eigenvalue weighted by Crippen LogP contribution is -2.11. The van der Waals surface area contributed by atoms with Gasteiger partial charge < -0.3 is 9.88 Å². The third kappa shape index (κ3) is 3.59. The standard InChI is InChI=1S/C21H20N6OS2/c1-11-16-12(2)23-18(13-4-5-13)25-20(16)30-17(11)19(28)24-14-6-8-15(9-7-14)29-21-26-22-10-27(21)3/h6-10,13H,4-5H2,1-3H3,(H,24,28). The molecule has 0 aliphatic heterocycles. The molecule has 152 valence electrons. The topological polar surface area (TPSA) is 85.6 Å². The van der Waals surface area contributed by atoms with Crippen LogP contribution < -0.4 is 5.32 Å². The van der Waals surface area contributed by atoms with Crippen molar-refractivity contribution < 1.29 is 4.79 Å². The van der Waals surface area contributed by atoms with Crippen molar-refractivity contribution in [3.63, 3.8) is 0 Å². The maximum atomic E-state index is 13.0. The Kier molecular flexibility index (Phi) is 4.79. The highest BCUT2D eigenvalue weighted by atomic mass is 32.2. The average molecular weight is 437 g/mol. The molecule has 1 saturated carbocycles. The van der Waals surface area contributed by atoms with Gasteiger partial charge in [0.1, 0.15) is 17.0 Å². The van der Waals surface area contributed by atoms with E-state index in [2.05, 4.69) is 20.5 Å². The maximum absolute atomic E-state index is 13.0. The Bertz CT molecular complexity index is 1260. The maximum Gasteiger partial charge on any atom is 0.266 e. The van der Waals surface area contributed by atoms with Gasteiger partial charge >= 0.3 is 0 Å². The zero-order valence-corrected chi connectivity index (χ0v) is 18.5. The number of nitrogens with zero attached hydrogens (tertiary/aromatic N) is 5. The summed E-state index contributed by atoms with van der Waals surface area (Å²) in [6.45, 7) is 3.98. The van der Waals surface area contributed by atoms with Gasteiger partial charge in [-0.15, -0.1) is 21.5 Å². The summed E-state index contributed by atoms with van der Waals surface area (Å²) in [5, 5.41) is 12.8. The molecule has 1 aliphatic rings. The number of hydrogen-bond acceptors (Lipinski definition) is 7. The van der Waals surface area contributed by atoms with E-state index in [0.717, 1.165) is 55.9 Å². The number of benzene rings is 1. The van der Waals surface area contributed by atoms with Crippen LogP contribution in [0.2, 0.25) is 0 Å². The largest absolute Gasteiger partial charge is 0.321 e. The summed E-state index contributed by atoms with van der Waals surface area (Å²) in [5.74, 6) is 1.30. The molecule has 3 aromatic heterocycles. The van der Waals surface area contributed by atoms with Crippen molar-refractivity contribution in [3.05, 3.63) is 52.6 Å². The normalized spacial score (nSPS) is 13.7. The van der Waals surface area contributed by atoms with Crippen LogP contribution in [0.4, 0.5) is 5.69 Å². The number of anilines is 1. The predicted molar refractivity (Wildman–Crippen MR) is 118 cm³/mol. The van der Waals surface area contributed by atoms with E-state index in [1.54, 1.807) is 6.33 Å². The van der Waals surface area contributed by atoms with Gasteiger partial charge in [-0.1, -0.05) is 0 Å². The number of amides is 1. The van der Waals surface area contributed by atoms with Crippen LogP contribution in [0.5, 0.6) is 0 Å². The summed E-state index contributed by atoms with van der Waals surface area (Å²) in [5.41, 5.74) is 2.65. The van der Waals surface area contributed by atoms with E-state index in [1.165, 1.54) is 23.1 Å². The third-order valence-electron chi connectivity index (χ3n) is 5.13. The van der Waals surface area contributed by atoms with Gasteiger partial charge in [-0.25, -0.2) is 9.97 Å². The minimum atomic E-state index is -0.114. The fourth-order valence-electron chi connectivity index (χ4n) is 3.37. The molecule has 0 saturated heterocycles. The van der Waals surface area contributed by atoms with Crippen molar-refractivity contribution in [2.45, 2.75) is 42.7 Å². The number of fused-ring (bicyclic) bond motifs is 1. The van der Waals surface area contributed by atoms with Crippen molar-refractivity contribution in [1.29, 1.82) is 0 Å². The molecule has 3 heterocycles. The second-order valence-electron chi connectivity index (χ2n) is 7.48. The number of nitrogens with one attached hydrogen (secondary N) is 1.